The van der Waals surface area contributed by atoms with Crippen molar-refractivity contribution in [2.75, 3.05) is 0 Å². The Balaban J connectivity index is 2.48. The maximum atomic E-state index is 10.5. The normalized spacial score (nSPS) is 10.2. The number of hydrogen-bond donors (Lipinski definition) is 0. The zero-order valence-corrected chi connectivity index (χ0v) is 8.96. The largest absolute Gasteiger partial charge is 0.270 e. The molecule has 1 heterocycles. The molecule has 6 heteroatoms. The lowest BCUT2D eigenvalue weighted by atomic mass is 10.1. The maximum absolute atomic E-state index is 10.5. The molecule has 2 aromatic rings. The Morgan fingerprint density at radius 1 is 1.47 bits per heavy atom. The van der Waals surface area contributed by atoms with E-state index in [-0.39, 0.29) is 5.69 Å². The minimum atomic E-state index is -0.475. The van der Waals surface area contributed by atoms with Gasteiger partial charge in [-0.1, -0.05) is 11.6 Å². The highest BCUT2D eigenvalue weighted by Crippen LogP contribution is 2.30. The van der Waals surface area contributed by atoms with Crippen LogP contribution >= 0.6 is 22.9 Å². The van der Waals surface area contributed by atoms with Crippen LogP contribution in [0.2, 0.25) is 5.02 Å². The summed E-state index contributed by atoms with van der Waals surface area (Å²) in [6, 6.07) is 4.35. The molecule has 0 fully saturated rings. The average Bonchev–Trinajstić information content (AvgIpc) is 2.70. The fourth-order valence-corrected chi connectivity index (χ4v) is 1.99. The molecule has 0 aliphatic rings. The zero-order valence-electron chi connectivity index (χ0n) is 7.38. The summed E-state index contributed by atoms with van der Waals surface area (Å²) < 4.78 is 0. The van der Waals surface area contributed by atoms with Gasteiger partial charge in [-0.05, 0) is 6.07 Å². The van der Waals surface area contributed by atoms with E-state index < -0.39 is 4.92 Å². The molecule has 15 heavy (non-hydrogen) atoms. The van der Waals surface area contributed by atoms with Crippen LogP contribution in [0.1, 0.15) is 0 Å². The highest BCUT2D eigenvalue weighted by atomic mass is 35.5. The number of rotatable bonds is 2. The Kier molecular flexibility index (Phi) is 2.66. The Labute approximate surface area is 94.3 Å². The van der Waals surface area contributed by atoms with Gasteiger partial charge in [0.25, 0.3) is 5.69 Å². The van der Waals surface area contributed by atoms with Gasteiger partial charge in [0.1, 0.15) is 0 Å². The average molecular weight is 241 g/mol. The third-order valence-corrected chi connectivity index (χ3v) is 2.77. The van der Waals surface area contributed by atoms with E-state index in [2.05, 4.69) is 4.98 Å². The Morgan fingerprint density at radius 3 is 2.80 bits per heavy atom. The van der Waals surface area contributed by atoms with Crippen LogP contribution in [-0.2, 0) is 0 Å². The van der Waals surface area contributed by atoms with Gasteiger partial charge in [-0.25, -0.2) is 4.98 Å². The molecular formula is C9H5ClN2O2S. The van der Waals surface area contributed by atoms with Crippen LogP contribution in [0.3, 0.4) is 0 Å². The molecule has 0 bridgehead atoms. The SMILES string of the molecule is O=[N+]([O-])c1ccc(-c2cscn2)c(Cl)c1. The van der Waals surface area contributed by atoms with Gasteiger partial charge in [0.05, 0.1) is 21.2 Å². The Morgan fingerprint density at radius 2 is 2.27 bits per heavy atom. The number of nitrogens with zero attached hydrogens (tertiary/aromatic N) is 2. The van der Waals surface area contributed by atoms with E-state index in [0.717, 1.165) is 5.69 Å². The van der Waals surface area contributed by atoms with Gasteiger partial charge in [0.2, 0.25) is 0 Å². The van der Waals surface area contributed by atoms with Gasteiger partial charge in [-0.15, -0.1) is 11.3 Å². The molecule has 0 spiro atoms. The summed E-state index contributed by atoms with van der Waals surface area (Å²) in [6.45, 7) is 0. The van der Waals surface area contributed by atoms with Crippen molar-refractivity contribution in [3.63, 3.8) is 0 Å². The number of halogens is 1. The van der Waals surface area contributed by atoms with Gasteiger partial charge < -0.3 is 0 Å². The summed E-state index contributed by atoms with van der Waals surface area (Å²) in [7, 11) is 0. The summed E-state index contributed by atoms with van der Waals surface area (Å²) in [5.41, 5.74) is 3.12. The number of aromatic nitrogens is 1. The predicted octanol–water partition coefficient (Wildman–Crippen LogP) is 3.37. The standard InChI is InChI=1S/C9H5ClN2O2S/c10-8-3-6(12(13)14)1-2-7(8)9-4-15-5-11-9/h1-5H. The Bertz CT molecular complexity index is 499. The fourth-order valence-electron chi connectivity index (χ4n) is 1.17. The maximum Gasteiger partial charge on any atom is 0.270 e. The van der Waals surface area contributed by atoms with Crippen molar-refractivity contribution < 1.29 is 4.92 Å². The van der Waals surface area contributed by atoms with Crippen molar-refractivity contribution in [3.05, 3.63) is 44.2 Å². The van der Waals surface area contributed by atoms with Crippen molar-refractivity contribution in [1.82, 2.24) is 4.98 Å². The smallest absolute Gasteiger partial charge is 0.258 e. The number of nitro benzene ring substituents is 1. The van der Waals surface area contributed by atoms with Crippen LogP contribution in [0, 0.1) is 10.1 Å². The van der Waals surface area contributed by atoms with Gasteiger partial charge in [-0.3, -0.25) is 10.1 Å². The second-order valence-electron chi connectivity index (χ2n) is 2.79. The second kappa shape index (κ2) is 3.96. The van der Waals surface area contributed by atoms with Crippen LogP contribution < -0.4 is 0 Å². The van der Waals surface area contributed by atoms with Crippen LogP contribution in [0.5, 0.6) is 0 Å². The molecule has 0 N–H and O–H groups in total. The van der Waals surface area contributed by atoms with E-state index in [1.165, 1.54) is 23.5 Å². The quantitative estimate of drug-likeness (QED) is 0.597. The minimum Gasteiger partial charge on any atom is -0.258 e. The van der Waals surface area contributed by atoms with E-state index in [1.54, 1.807) is 11.6 Å². The monoisotopic (exact) mass is 240 g/mol. The topological polar surface area (TPSA) is 56.0 Å². The van der Waals surface area contributed by atoms with Gasteiger partial charge in [0, 0.05) is 23.1 Å². The lowest BCUT2D eigenvalue weighted by Crippen LogP contribution is -1.88. The van der Waals surface area contributed by atoms with E-state index in [1.807, 2.05) is 5.38 Å². The predicted molar refractivity (Wildman–Crippen MR) is 59.2 cm³/mol. The van der Waals surface area contributed by atoms with Crippen LogP contribution in [0.4, 0.5) is 5.69 Å². The summed E-state index contributed by atoms with van der Waals surface area (Å²) >= 11 is 7.38. The van der Waals surface area contributed by atoms with E-state index in [4.69, 9.17) is 11.6 Å². The second-order valence-corrected chi connectivity index (χ2v) is 3.92. The molecule has 76 valence electrons. The van der Waals surface area contributed by atoms with E-state index in [9.17, 15) is 10.1 Å². The van der Waals surface area contributed by atoms with Gasteiger partial charge in [-0.2, -0.15) is 0 Å². The number of nitro groups is 1. The highest BCUT2D eigenvalue weighted by molar-refractivity contribution is 7.07. The third kappa shape index (κ3) is 1.98. The minimum absolute atomic E-state index is 0.0148. The summed E-state index contributed by atoms with van der Waals surface area (Å²) in [6.07, 6.45) is 0. The molecule has 0 saturated carbocycles. The summed E-state index contributed by atoms with van der Waals surface area (Å²) in [5.74, 6) is 0. The highest BCUT2D eigenvalue weighted by Gasteiger charge is 2.11. The van der Waals surface area contributed by atoms with Crippen LogP contribution in [0.25, 0.3) is 11.3 Å². The first-order valence-corrected chi connectivity index (χ1v) is 5.33. The molecule has 0 unspecified atom stereocenters. The molecule has 0 radical (unpaired) electrons. The number of thiazole rings is 1. The lowest BCUT2D eigenvalue weighted by molar-refractivity contribution is -0.384. The molecule has 1 aromatic heterocycles. The molecule has 0 aliphatic carbocycles. The van der Waals surface area contributed by atoms with Crippen molar-refractivity contribution in [1.29, 1.82) is 0 Å². The van der Waals surface area contributed by atoms with Crippen LogP contribution in [0.15, 0.2) is 29.1 Å². The van der Waals surface area contributed by atoms with Crippen molar-refractivity contribution in [3.8, 4) is 11.3 Å². The molecule has 0 atom stereocenters. The molecule has 0 aliphatic heterocycles. The van der Waals surface area contributed by atoms with Gasteiger partial charge >= 0.3 is 0 Å². The molecule has 0 saturated heterocycles. The first-order chi connectivity index (χ1) is 7.18. The molecule has 1 aromatic carbocycles. The number of benzene rings is 1. The van der Waals surface area contributed by atoms with Crippen molar-refractivity contribution in [2.24, 2.45) is 0 Å². The van der Waals surface area contributed by atoms with Crippen molar-refractivity contribution in [2.45, 2.75) is 0 Å². The van der Waals surface area contributed by atoms with Gasteiger partial charge in [0.15, 0.2) is 0 Å². The zero-order chi connectivity index (χ0) is 10.8. The molecular weight excluding hydrogens is 236 g/mol. The van der Waals surface area contributed by atoms with Crippen LogP contribution in [-0.4, -0.2) is 9.91 Å². The lowest BCUT2D eigenvalue weighted by Gasteiger charge is -1.99. The summed E-state index contributed by atoms with van der Waals surface area (Å²) in [4.78, 5) is 14.1. The number of hydrogen-bond acceptors (Lipinski definition) is 4. The molecule has 2 rings (SSSR count). The van der Waals surface area contributed by atoms with E-state index >= 15 is 0 Å². The Hall–Kier alpha value is -1.46. The molecule has 0 amide bonds. The summed E-state index contributed by atoms with van der Waals surface area (Å²) in [5, 5.41) is 12.7. The molecule has 4 nitrogen and oxygen atoms in total. The van der Waals surface area contributed by atoms with E-state index in [0.29, 0.717) is 10.6 Å². The van der Waals surface area contributed by atoms with Crippen molar-refractivity contribution >= 4 is 28.6 Å². The number of non-ortho nitro benzene ring substituents is 1. The fraction of sp³-hybridized carbons (Fsp3) is 0. The first-order valence-electron chi connectivity index (χ1n) is 4.01. The first kappa shape index (κ1) is 10.1. The third-order valence-electron chi connectivity index (χ3n) is 1.87.